The average Bonchev–Trinajstić information content (AvgIpc) is 3.12. The number of ether oxygens (including phenoxy) is 5. The molecule has 2 rings (SSSR count). The predicted molar refractivity (Wildman–Crippen MR) is 74.3 cm³/mol. The van der Waals surface area contributed by atoms with Crippen molar-refractivity contribution >= 4 is 17.8 Å². The summed E-state index contributed by atoms with van der Waals surface area (Å²) >= 11 is 0. The highest BCUT2D eigenvalue weighted by molar-refractivity contribution is 5.80. The summed E-state index contributed by atoms with van der Waals surface area (Å²) in [4.78, 5) is 34.5. The quantitative estimate of drug-likeness (QED) is 0.570. The third-order valence-corrected chi connectivity index (χ3v) is 4.02. The van der Waals surface area contributed by atoms with Gasteiger partial charge in [-0.3, -0.25) is 4.79 Å². The van der Waals surface area contributed by atoms with Gasteiger partial charge in [-0.25, -0.2) is 9.59 Å². The fourth-order valence-corrected chi connectivity index (χ4v) is 2.97. The van der Waals surface area contributed by atoms with Gasteiger partial charge in [-0.15, -0.1) is 0 Å². The zero-order valence-electron chi connectivity index (χ0n) is 13.3. The van der Waals surface area contributed by atoms with Crippen LogP contribution in [0.2, 0.25) is 0 Å². The van der Waals surface area contributed by atoms with E-state index in [9.17, 15) is 14.4 Å². The molecule has 0 saturated carbocycles. The fraction of sp³-hybridized carbons (Fsp3) is 0.786. The zero-order valence-corrected chi connectivity index (χ0v) is 13.3. The lowest BCUT2D eigenvalue weighted by Gasteiger charge is -2.30. The highest BCUT2D eigenvalue weighted by Gasteiger charge is 2.58. The molecule has 9 heteroatoms. The molecule has 0 aromatic rings. The maximum Gasteiger partial charge on any atom is 0.332 e. The molecule has 9 nitrogen and oxygen atoms in total. The highest BCUT2D eigenvalue weighted by atomic mass is 16.6. The van der Waals surface area contributed by atoms with Crippen LogP contribution in [0.4, 0.5) is 0 Å². The van der Waals surface area contributed by atoms with E-state index in [-0.39, 0.29) is 25.0 Å². The first-order valence-electron chi connectivity index (χ1n) is 7.25. The van der Waals surface area contributed by atoms with Gasteiger partial charge in [-0.05, 0) is 6.42 Å². The van der Waals surface area contributed by atoms with Crippen LogP contribution in [0.5, 0.6) is 0 Å². The van der Waals surface area contributed by atoms with Crippen molar-refractivity contribution in [2.45, 2.75) is 30.8 Å². The van der Waals surface area contributed by atoms with Crippen LogP contribution in [-0.4, -0.2) is 76.7 Å². The topological polar surface area (TPSA) is 109 Å². The number of rotatable bonds is 7. The summed E-state index contributed by atoms with van der Waals surface area (Å²) in [5, 5.41) is 2.59. The van der Waals surface area contributed by atoms with Gasteiger partial charge in [-0.1, -0.05) is 0 Å². The molecule has 0 aromatic heterocycles. The molecule has 1 amide bonds. The van der Waals surface area contributed by atoms with Crippen LogP contribution in [0.1, 0.15) is 6.42 Å². The largest absolute Gasteiger partial charge is 0.467 e. The van der Waals surface area contributed by atoms with E-state index in [4.69, 9.17) is 18.9 Å². The van der Waals surface area contributed by atoms with Gasteiger partial charge in [-0.2, -0.15) is 0 Å². The van der Waals surface area contributed by atoms with Crippen LogP contribution in [0.3, 0.4) is 0 Å². The van der Waals surface area contributed by atoms with Gasteiger partial charge in [0.2, 0.25) is 5.91 Å². The summed E-state index contributed by atoms with van der Waals surface area (Å²) < 4.78 is 25.7. The van der Waals surface area contributed by atoms with Crippen molar-refractivity contribution in [2.75, 3.05) is 34.5 Å². The minimum atomic E-state index is -0.631. The van der Waals surface area contributed by atoms with Crippen LogP contribution in [0.25, 0.3) is 0 Å². The number of carbonyl (C=O) groups is 3. The number of fused-ring (bicyclic) bond motifs is 2. The van der Waals surface area contributed by atoms with Gasteiger partial charge in [0.05, 0.1) is 25.2 Å². The Hall–Kier alpha value is -1.71. The smallest absolute Gasteiger partial charge is 0.332 e. The lowest BCUT2D eigenvalue weighted by molar-refractivity contribution is -0.165. The van der Waals surface area contributed by atoms with Crippen molar-refractivity contribution in [3.63, 3.8) is 0 Å². The molecule has 0 radical (unpaired) electrons. The summed E-state index contributed by atoms with van der Waals surface area (Å²) in [6.07, 6.45) is -1.48. The first kappa shape index (κ1) is 17.6. The Morgan fingerprint density at radius 2 is 1.83 bits per heavy atom. The number of hydrogen-bond acceptors (Lipinski definition) is 8. The van der Waals surface area contributed by atoms with Crippen LogP contribution < -0.4 is 5.32 Å². The third kappa shape index (κ3) is 3.80. The molecule has 0 spiro atoms. The second-order valence-corrected chi connectivity index (χ2v) is 5.32. The molecule has 5 atom stereocenters. The fourth-order valence-electron chi connectivity index (χ4n) is 2.97. The Bertz CT molecular complexity index is 468. The summed E-state index contributed by atoms with van der Waals surface area (Å²) in [6.45, 7) is -0.705. The van der Waals surface area contributed by atoms with Crippen molar-refractivity contribution in [2.24, 2.45) is 5.92 Å². The lowest BCUT2D eigenvalue weighted by atomic mass is 9.84. The van der Waals surface area contributed by atoms with Gasteiger partial charge in [0.1, 0.15) is 19.3 Å². The van der Waals surface area contributed by atoms with E-state index in [0.717, 1.165) is 0 Å². The van der Waals surface area contributed by atoms with E-state index in [1.165, 1.54) is 14.2 Å². The summed E-state index contributed by atoms with van der Waals surface area (Å²) in [5.74, 6) is -1.65. The first-order chi connectivity index (χ1) is 11.0. The van der Waals surface area contributed by atoms with Crippen LogP contribution >= 0.6 is 0 Å². The molecule has 23 heavy (non-hydrogen) atoms. The van der Waals surface area contributed by atoms with Crippen molar-refractivity contribution in [3.8, 4) is 0 Å². The maximum absolute atomic E-state index is 11.8. The van der Waals surface area contributed by atoms with Gasteiger partial charge in [0, 0.05) is 14.2 Å². The van der Waals surface area contributed by atoms with Crippen molar-refractivity contribution in [3.05, 3.63) is 0 Å². The lowest BCUT2D eigenvalue weighted by Crippen LogP contribution is -2.49. The summed E-state index contributed by atoms with van der Waals surface area (Å²) in [7, 11) is 4.26. The molecule has 2 aliphatic rings. The molecule has 2 saturated heterocycles. The molecule has 2 aliphatic heterocycles. The monoisotopic (exact) mass is 331 g/mol. The number of nitrogens with one attached hydrogen (secondary N) is 1. The zero-order chi connectivity index (χ0) is 17.0. The highest BCUT2D eigenvalue weighted by Crippen LogP contribution is 2.42. The number of esters is 2. The van der Waals surface area contributed by atoms with Gasteiger partial charge in [0.25, 0.3) is 0 Å². The second kappa shape index (κ2) is 7.71. The van der Waals surface area contributed by atoms with Gasteiger partial charge < -0.3 is 29.0 Å². The van der Waals surface area contributed by atoms with Gasteiger partial charge in [0.15, 0.2) is 6.10 Å². The molecule has 2 bridgehead atoms. The van der Waals surface area contributed by atoms with E-state index in [2.05, 4.69) is 10.1 Å². The van der Waals surface area contributed by atoms with Crippen LogP contribution in [0, 0.1) is 5.92 Å². The Kier molecular flexibility index (Phi) is 5.91. The number of hydrogen-bond donors (Lipinski definition) is 1. The molecule has 0 aromatic carbocycles. The van der Waals surface area contributed by atoms with E-state index < -0.39 is 36.4 Å². The Morgan fingerprint density at radius 3 is 2.43 bits per heavy atom. The molecule has 3 unspecified atom stereocenters. The number of methoxy groups -OCH3 is 2. The maximum atomic E-state index is 11.8. The Morgan fingerprint density at radius 1 is 1.13 bits per heavy atom. The Labute approximate surface area is 133 Å². The van der Waals surface area contributed by atoms with Crippen LogP contribution in [-0.2, 0) is 38.1 Å². The van der Waals surface area contributed by atoms with E-state index in [1.54, 1.807) is 7.05 Å². The molecule has 0 aliphatic carbocycles. The normalized spacial score (nSPS) is 31.7. The molecule has 130 valence electrons. The Balaban J connectivity index is 1.86. The van der Waals surface area contributed by atoms with Crippen LogP contribution in [0.15, 0.2) is 0 Å². The number of amides is 1. The van der Waals surface area contributed by atoms with Crippen molar-refractivity contribution < 1.29 is 38.1 Å². The SMILES string of the molecule is CNC(=O)C1CC2O[C@@H]1[C@@H](OC)C2OC(=O)COCC(=O)OC. The molecular formula is C14H21NO8. The molecule has 1 N–H and O–H groups in total. The van der Waals surface area contributed by atoms with Gasteiger partial charge >= 0.3 is 11.9 Å². The van der Waals surface area contributed by atoms with E-state index in [1.807, 2.05) is 0 Å². The van der Waals surface area contributed by atoms with E-state index in [0.29, 0.717) is 6.42 Å². The second-order valence-electron chi connectivity index (χ2n) is 5.32. The third-order valence-electron chi connectivity index (χ3n) is 4.02. The standard InChI is InChI=1S/C14H21NO8/c1-15-14(18)7-4-8-12(13(20-3)11(7)22-8)23-10(17)6-21-5-9(16)19-2/h7-8,11-13H,4-6H2,1-3H3,(H,15,18)/t7?,8?,11-,12?,13+/m0/s1. The molecule has 2 fully saturated rings. The van der Waals surface area contributed by atoms with Crippen molar-refractivity contribution in [1.29, 1.82) is 0 Å². The minimum Gasteiger partial charge on any atom is -0.467 e. The first-order valence-corrected chi connectivity index (χ1v) is 7.25. The molecular weight excluding hydrogens is 310 g/mol. The van der Waals surface area contributed by atoms with Crippen molar-refractivity contribution in [1.82, 2.24) is 5.32 Å². The summed E-state index contributed by atoms with van der Waals surface area (Å²) in [6, 6.07) is 0. The summed E-state index contributed by atoms with van der Waals surface area (Å²) in [5.41, 5.74) is 0. The van der Waals surface area contributed by atoms with E-state index >= 15 is 0 Å². The average molecular weight is 331 g/mol. The number of carbonyl (C=O) groups excluding carboxylic acids is 3. The molecule has 2 heterocycles. The predicted octanol–water partition coefficient (Wildman–Crippen LogP) is -1.36. The minimum absolute atomic E-state index is 0.120.